The number of aliphatic hydroxyl groups is 1. The third-order valence-corrected chi connectivity index (χ3v) is 3.59. The number of rotatable bonds is 3. The molecular weight excluding hydrogens is 210 g/mol. The van der Waals surface area contributed by atoms with Crippen LogP contribution in [0.3, 0.4) is 0 Å². The van der Waals surface area contributed by atoms with E-state index < -0.39 is 0 Å². The van der Waals surface area contributed by atoms with Gasteiger partial charge in [-0.3, -0.25) is 0 Å². The molecule has 3 heteroatoms. The summed E-state index contributed by atoms with van der Waals surface area (Å²) in [4.78, 5) is 0. The summed E-state index contributed by atoms with van der Waals surface area (Å²) in [5, 5.41) is 9.39. The van der Waals surface area contributed by atoms with Crippen LogP contribution in [0.1, 0.15) is 24.3 Å². The maximum atomic E-state index is 9.39. The molecule has 0 radical (unpaired) electrons. The van der Waals surface area contributed by atoms with Gasteiger partial charge in [0.15, 0.2) is 0 Å². The highest BCUT2D eigenvalue weighted by Crippen LogP contribution is 2.51. The summed E-state index contributed by atoms with van der Waals surface area (Å²) >= 11 is 0. The Hall–Kier alpha value is -0.570. The van der Waals surface area contributed by atoms with Crippen LogP contribution in [0.2, 0.25) is 0 Å². The van der Waals surface area contributed by atoms with Crippen molar-refractivity contribution in [2.45, 2.75) is 18.8 Å². The highest BCUT2D eigenvalue weighted by molar-refractivity contribution is 5.85. The van der Waals surface area contributed by atoms with E-state index in [0.29, 0.717) is 12.5 Å². The third-order valence-electron chi connectivity index (χ3n) is 3.59. The van der Waals surface area contributed by atoms with E-state index in [1.807, 2.05) is 18.2 Å². The van der Waals surface area contributed by atoms with Gasteiger partial charge in [0.1, 0.15) is 0 Å². The van der Waals surface area contributed by atoms with E-state index in [1.54, 1.807) is 0 Å². The quantitative estimate of drug-likeness (QED) is 0.829. The Labute approximate surface area is 96.9 Å². The molecule has 0 spiro atoms. The minimum Gasteiger partial charge on any atom is -0.396 e. The van der Waals surface area contributed by atoms with Crippen molar-refractivity contribution in [3.8, 4) is 0 Å². The van der Waals surface area contributed by atoms with Crippen LogP contribution in [-0.2, 0) is 0 Å². The Morgan fingerprint density at radius 1 is 1.33 bits per heavy atom. The zero-order chi connectivity index (χ0) is 10.0. The number of benzene rings is 1. The normalized spacial score (nSPS) is 29.1. The summed E-state index contributed by atoms with van der Waals surface area (Å²) in [6.07, 6.45) is 2.21. The Kier molecular flexibility index (Phi) is 4.14. The second-order valence-electron chi connectivity index (χ2n) is 4.23. The topological polar surface area (TPSA) is 46.2 Å². The molecule has 1 fully saturated rings. The van der Waals surface area contributed by atoms with Crippen molar-refractivity contribution < 1.29 is 5.11 Å². The summed E-state index contributed by atoms with van der Waals surface area (Å²) in [5.74, 6) is 0.457. The largest absolute Gasteiger partial charge is 0.396 e. The van der Waals surface area contributed by atoms with Gasteiger partial charge in [0.05, 0.1) is 6.61 Å². The van der Waals surface area contributed by atoms with Gasteiger partial charge in [-0.25, -0.2) is 0 Å². The minimum atomic E-state index is -0.0403. The average molecular weight is 228 g/mol. The van der Waals surface area contributed by atoms with Crippen LogP contribution in [0.5, 0.6) is 0 Å². The lowest BCUT2D eigenvalue weighted by Gasteiger charge is -2.48. The van der Waals surface area contributed by atoms with Crippen molar-refractivity contribution in [2.24, 2.45) is 11.1 Å². The van der Waals surface area contributed by atoms with E-state index in [0.717, 1.165) is 12.8 Å². The van der Waals surface area contributed by atoms with Crippen molar-refractivity contribution in [3.63, 3.8) is 0 Å². The van der Waals surface area contributed by atoms with Crippen molar-refractivity contribution in [1.82, 2.24) is 0 Å². The first-order chi connectivity index (χ1) is 6.82. The predicted octanol–water partition coefficient (Wildman–Crippen LogP) is 1.92. The first-order valence-corrected chi connectivity index (χ1v) is 5.18. The molecule has 1 aliphatic rings. The summed E-state index contributed by atoms with van der Waals surface area (Å²) < 4.78 is 0. The molecule has 2 atom stereocenters. The van der Waals surface area contributed by atoms with E-state index in [-0.39, 0.29) is 24.4 Å². The van der Waals surface area contributed by atoms with Crippen LogP contribution in [0.25, 0.3) is 0 Å². The van der Waals surface area contributed by atoms with Crippen LogP contribution in [0.15, 0.2) is 30.3 Å². The first-order valence-electron chi connectivity index (χ1n) is 5.18. The molecule has 0 amide bonds. The van der Waals surface area contributed by atoms with Crippen molar-refractivity contribution in [3.05, 3.63) is 35.9 Å². The molecule has 0 bridgehead atoms. The molecule has 1 aliphatic carbocycles. The molecule has 3 N–H and O–H groups in total. The molecule has 0 aromatic heterocycles. The molecule has 0 saturated heterocycles. The fourth-order valence-corrected chi connectivity index (χ4v) is 2.40. The zero-order valence-corrected chi connectivity index (χ0v) is 9.54. The maximum absolute atomic E-state index is 9.39. The van der Waals surface area contributed by atoms with Gasteiger partial charge in [0, 0.05) is 12.0 Å². The van der Waals surface area contributed by atoms with Gasteiger partial charge < -0.3 is 10.8 Å². The van der Waals surface area contributed by atoms with E-state index in [4.69, 9.17) is 5.73 Å². The van der Waals surface area contributed by atoms with Crippen molar-refractivity contribution in [1.29, 1.82) is 0 Å². The van der Waals surface area contributed by atoms with E-state index >= 15 is 0 Å². The van der Waals surface area contributed by atoms with Gasteiger partial charge >= 0.3 is 0 Å². The highest BCUT2D eigenvalue weighted by atomic mass is 35.5. The smallest absolute Gasteiger partial charge is 0.0505 e. The van der Waals surface area contributed by atoms with Crippen molar-refractivity contribution >= 4 is 12.4 Å². The lowest BCUT2D eigenvalue weighted by atomic mass is 9.58. The van der Waals surface area contributed by atoms with Gasteiger partial charge in [0.25, 0.3) is 0 Å². The number of nitrogens with two attached hydrogens (primary N) is 1. The van der Waals surface area contributed by atoms with E-state index in [1.165, 1.54) is 5.56 Å². The molecule has 15 heavy (non-hydrogen) atoms. The minimum absolute atomic E-state index is 0. The van der Waals surface area contributed by atoms with Gasteiger partial charge in [-0.15, -0.1) is 12.4 Å². The summed E-state index contributed by atoms with van der Waals surface area (Å²) in [7, 11) is 0. The molecule has 2 rings (SSSR count). The monoisotopic (exact) mass is 227 g/mol. The maximum Gasteiger partial charge on any atom is 0.0505 e. The van der Waals surface area contributed by atoms with Crippen LogP contribution < -0.4 is 5.73 Å². The first kappa shape index (κ1) is 12.5. The highest BCUT2D eigenvalue weighted by Gasteiger charge is 2.45. The van der Waals surface area contributed by atoms with E-state index in [2.05, 4.69) is 12.1 Å². The van der Waals surface area contributed by atoms with E-state index in [9.17, 15) is 5.11 Å². The molecule has 2 nitrogen and oxygen atoms in total. The Balaban J connectivity index is 0.00000112. The lowest BCUT2D eigenvalue weighted by molar-refractivity contribution is 0.0244. The van der Waals surface area contributed by atoms with Crippen LogP contribution >= 0.6 is 12.4 Å². The van der Waals surface area contributed by atoms with Crippen LogP contribution in [0.4, 0.5) is 0 Å². The van der Waals surface area contributed by atoms with Gasteiger partial charge in [-0.1, -0.05) is 30.3 Å². The molecule has 1 aromatic carbocycles. The van der Waals surface area contributed by atoms with Crippen LogP contribution in [-0.4, -0.2) is 18.3 Å². The third kappa shape index (κ3) is 2.03. The number of hydrogen-bond donors (Lipinski definition) is 2. The lowest BCUT2D eigenvalue weighted by Crippen LogP contribution is -2.47. The van der Waals surface area contributed by atoms with Crippen molar-refractivity contribution in [2.75, 3.05) is 13.2 Å². The summed E-state index contributed by atoms with van der Waals surface area (Å²) in [5.41, 5.74) is 7.02. The zero-order valence-electron chi connectivity index (χ0n) is 8.73. The average Bonchev–Trinajstić information content (AvgIpc) is 2.20. The summed E-state index contributed by atoms with van der Waals surface area (Å²) in [6.45, 7) is 0.798. The molecule has 0 unspecified atom stereocenters. The molecule has 84 valence electrons. The molecule has 1 aromatic rings. The SMILES string of the molecule is Cl.NC[C@]1(CO)CC[C@H]1c1ccccc1. The number of halogens is 1. The molecule has 1 saturated carbocycles. The van der Waals surface area contributed by atoms with Gasteiger partial charge in [-0.2, -0.15) is 0 Å². The number of hydrogen-bond acceptors (Lipinski definition) is 2. The Bertz CT molecular complexity index is 292. The molecular formula is C12H18ClNO. The van der Waals surface area contributed by atoms with Gasteiger partial charge in [0.2, 0.25) is 0 Å². The second kappa shape index (κ2) is 4.97. The molecule has 0 aliphatic heterocycles. The summed E-state index contributed by atoms with van der Waals surface area (Å²) in [6, 6.07) is 10.4. The van der Waals surface area contributed by atoms with Crippen LogP contribution in [0, 0.1) is 5.41 Å². The van der Waals surface area contributed by atoms with Gasteiger partial charge in [-0.05, 0) is 24.3 Å². The predicted molar refractivity (Wildman–Crippen MR) is 64.2 cm³/mol. The second-order valence-corrected chi connectivity index (χ2v) is 4.23. The molecule has 0 heterocycles. The Morgan fingerprint density at radius 3 is 2.40 bits per heavy atom. The number of aliphatic hydroxyl groups excluding tert-OH is 1. The standard InChI is InChI=1S/C12H17NO.ClH/c13-8-12(9-14)7-6-11(12)10-4-2-1-3-5-10;/h1-5,11,14H,6-9,13H2;1H/t11-,12-;/m0./s1. The fourth-order valence-electron chi connectivity index (χ4n) is 2.40. The Morgan fingerprint density at radius 2 is 2.00 bits per heavy atom. The fraction of sp³-hybridized carbons (Fsp3) is 0.500.